The van der Waals surface area contributed by atoms with Gasteiger partial charge >= 0.3 is 5.63 Å². The molecule has 1 aliphatic rings. The van der Waals surface area contributed by atoms with Crippen LogP contribution in [-0.2, 0) is 11.2 Å². The Labute approximate surface area is 139 Å². The fraction of sp³-hybridized carbons (Fsp3) is 0.444. The Bertz CT molecular complexity index is 891. The van der Waals surface area contributed by atoms with Gasteiger partial charge in [0, 0.05) is 17.2 Å². The van der Waals surface area contributed by atoms with Crippen LogP contribution in [0.25, 0.3) is 11.0 Å². The molecule has 128 valence electrons. The topological polar surface area (TPSA) is 88.8 Å². The molecule has 2 heterocycles. The Morgan fingerprint density at radius 3 is 2.71 bits per heavy atom. The molecule has 0 saturated heterocycles. The van der Waals surface area contributed by atoms with E-state index in [1.54, 1.807) is 19.9 Å². The maximum Gasteiger partial charge on any atom is 0.339 e. The van der Waals surface area contributed by atoms with Crippen LogP contribution in [0.1, 0.15) is 37.0 Å². The van der Waals surface area contributed by atoms with Crippen molar-refractivity contribution in [2.45, 2.75) is 46.1 Å². The van der Waals surface area contributed by atoms with E-state index >= 15 is 0 Å². The number of rotatable bonds is 3. The molecular weight excluding hydrogens is 312 g/mol. The number of carbonyl (C=O) groups is 1. The minimum atomic E-state index is -1.33. The van der Waals surface area contributed by atoms with Crippen LogP contribution in [0.5, 0.6) is 11.5 Å². The van der Waals surface area contributed by atoms with Gasteiger partial charge in [0.25, 0.3) is 0 Å². The average Bonchev–Trinajstić information content (AvgIpc) is 2.48. The van der Waals surface area contributed by atoms with Crippen LogP contribution in [-0.4, -0.2) is 18.2 Å². The highest BCUT2D eigenvalue weighted by atomic mass is 16.5. The molecule has 0 atom stereocenters. The van der Waals surface area contributed by atoms with Gasteiger partial charge in [0.05, 0.1) is 11.4 Å². The molecule has 1 aromatic heterocycles. The summed E-state index contributed by atoms with van der Waals surface area (Å²) in [7, 11) is 0. The van der Waals surface area contributed by atoms with Crippen LogP contribution in [0.2, 0.25) is 0 Å². The lowest BCUT2D eigenvalue weighted by Crippen LogP contribution is -2.33. The Morgan fingerprint density at radius 1 is 1.33 bits per heavy atom. The maximum absolute atomic E-state index is 12.1. The normalized spacial score (nSPS) is 15.7. The van der Waals surface area contributed by atoms with Gasteiger partial charge in [-0.1, -0.05) is 0 Å². The first-order valence-corrected chi connectivity index (χ1v) is 7.81. The number of ether oxygens (including phenoxy) is 2. The van der Waals surface area contributed by atoms with E-state index in [9.17, 15) is 14.7 Å². The van der Waals surface area contributed by atoms with Gasteiger partial charge in [-0.15, -0.1) is 0 Å². The molecule has 0 spiro atoms. The van der Waals surface area contributed by atoms with E-state index in [1.165, 1.54) is 0 Å². The monoisotopic (exact) mass is 331 g/mol. The van der Waals surface area contributed by atoms with Crippen LogP contribution in [0.3, 0.4) is 0 Å². The third-order valence-electron chi connectivity index (χ3n) is 4.45. The van der Waals surface area contributed by atoms with Crippen molar-refractivity contribution in [1.82, 2.24) is 0 Å². The highest BCUT2D eigenvalue weighted by Gasteiger charge is 2.30. The number of benzene rings is 1. The molecular formula is C18H19O6-. The molecule has 0 N–H and O–H groups in total. The molecule has 0 fully saturated rings. The molecule has 0 unspecified atom stereocenters. The minimum Gasteiger partial charge on any atom is -0.546 e. The van der Waals surface area contributed by atoms with Gasteiger partial charge in [0.1, 0.15) is 29.3 Å². The summed E-state index contributed by atoms with van der Waals surface area (Å²) in [5, 5.41) is 11.4. The van der Waals surface area contributed by atoms with Crippen LogP contribution >= 0.6 is 0 Å². The second kappa shape index (κ2) is 5.54. The molecule has 2 aromatic rings. The zero-order valence-electron chi connectivity index (χ0n) is 14.1. The van der Waals surface area contributed by atoms with Crippen molar-refractivity contribution in [1.29, 1.82) is 0 Å². The largest absolute Gasteiger partial charge is 0.546 e. The lowest BCUT2D eigenvalue weighted by Gasteiger charge is -2.33. The summed E-state index contributed by atoms with van der Waals surface area (Å²) in [5.41, 5.74) is 1.63. The number of aryl methyl sites for hydroxylation is 2. The van der Waals surface area contributed by atoms with E-state index in [2.05, 4.69) is 0 Å². The van der Waals surface area contributed by atoms with Gasteiger partial charge in [0.2, 0.25) is 0 Å². The quantitative estimate of drug-likeness (QED) is 0.795. The fourth-order valence-electron chi connectivity index (χ4n) is 2.98. The molecule has 0 radical (unpaired) electrons. The summed E-state index contributed by atoms with van der Waals surface area (Å²) in [5.74, 6) is -0.456. The van der Waals surface area contributed by atoms with E-state index in [4.69, 9.17) is 13.9 Å². The summed E-state index contributed by atoms with van der Waals surface area (Å²) in [6, 6.07) is 1.67. The average molecular weight is 331 g/mol. The molecule has 3 rings (SSSR count). The Morgan fingerprint density at radius 2 is 2.04 bits per heavy atom. The van der Waals surface area contributed by atoms with Gasteiger partial charge in [-0.2, -0.15) is 0 Å². The predicted octanol–water partition coefficient (Wildman–Crippen LogP) is 1.64. The zero-order valence-corrected chi connectivity index (χ0v) is 14.1. The number of hydrogen-bond donors (Lipinski definition) is 0. The van der Waals surface area contributed by atoms with Gasteiger partial charge in [0.15, 0.2) is 0 Å². The van der Waals surface area contributed by atoms with Crippen LogP contribution in [0.15, 0.2) is 15.3 Å². The number of carbonyl (C=O) groups excluding carboxylic acids is 1. The van der Waals surface area contributed by atoms with Gasteiger partial charge in [-0.3, -0.25) is 0 Å². The van der Waals surface area contributed by atoms with Crippen molar-refractivity contribution >= 4 is 16.9 Å². The highest BCUT2D eigenvalue weighted by molar-refractivity contribution is 5.92. The van der Waals surface area contributed by atoms with Crippen LogP contribution in [0.4, 0.5) is 0 Å². The molecule has 24 heavy (non-hydrogen) atoms. The zero-order chi connectivity index (χ0) is 17.6. The van der Waals surface area contributed by atoms with Gasteiger partial charge in [-0.25, -0.2) is 4.79 Å². The first kappa shape index (κ1) is 16.4. The van der Waals surface area contributed by atoms with Crippen molar-refractivity contribution in [3.63, 3.8) is 0 Å². The standard InChI is InChI=1S/C18H20O6/c1-9-10(2)17(21)23-16-11-5-6-18(3,4)24-12(11)7-13(15(9)16)22-8-14(19)20/h7H,5-6,8H2,1-4H3,(H,19,20)/p-1. The first-order valence-electron chi connectivity index (χ1n) is 7.81. The molecule has 0 aliphatic carbocycles. The second-order valence-corrected chi connectivity index (χ2v) is 6.72. The smallest absolute Gasteiger partial charge is 0.339 e. The third-order valence-corrected chi connectivity index (χ3v) is 4.45. The van der Waals surface area contributed by atoms with Crippen molar-refractivity contribution in [2.75, 3.05) is 6.61 Å². The first-order chi connectivity index (χ1) is 11.2. The molecule has 6 heteroatoms. The molecule has 0 bridgehead atoms. The second-order valence-electron chi connectivity index (χ2n) is 6.72. The lowest BCUT2D eigenvalue weighted by atomic mass is 9.92. The summed E-state index contributed by atoms with van der Waals surface area (Å²) >= 11 is 0. The predicted molar refractivity (Wildman–Crippen MR) is 85.5 cm³/mol. The van der Waals surface area contributed by atoms with Crippen LogP contribution < -0.4 is 20.2 Å². The van der Waals surface area contributed by atoms with Crippen molar-refractivity contribution in [3.05, 3.63) is 33.2 Å². The fourth-order valence-corrected chi connectivity index (χ4v) is 2.98. The Balaban J connectivity index is 2.30. The maximum atomic E-state index is 12.1. The van der Waals surface area contributed by atoms with Crippen molar-refractivity contribution in [3.8, 4) is 11.5 Å². The van der Waals surface area contributed by atoms with Crippen molar-refractivity contribution < 1.29 is 23.8 Å². The van der Waals surface area contributed by atoms with E-state index < -0.39 is 18.2 Å². The summed E-state index contributed by atoms with van der Waals surface area (Å²) in [6.07, 6.45) is 1.48. The number of aliphatic carboxylic acids is 1. The number of fused-ring (bicyclic) bond motifs is 3. The van der Waals surface area contributed by atoms with E-state index in [0.717, 1.165) is 12.0 Å². The van der Waals surface area contributed by atoms with Gasteiger partial charge < -0.3 is 23.8 Å². The summed E-state index contributed by atoms with van der Waals surface area (Å²) in [4.78, 5) is 22.9. The van der Waals surface area contributed by atoms with E-state index in [0.29, 0.717) is 40.0 Å². The summed E-state index contributed by atoms with van der Waals surface area (Å²) in [6.45, 7) is 6.81. The molecule has 1 aliphatic heterocycles. The lowest BCUT2D eigenvalue weighted by molar-refractivity contribution is -0.307. The van der Waals surface area contributed by atoms with Gasteiger partial charge in [-0.05, 0) is 46.1 Å². The third kappa shape index (κ3) is 2.72. The molecule has 1 aromatic carbocycles. The van der Waals surface area contributed by atoms with Crippen molar-refractivity contribution in [2.24, 2.45) is 0 Å². The molecule has 0 amide bonds. The molecule has 6 nitrogen and oxygen atoms in total. The Kier molecular flexibility index (Phi) is 3.78. The van der Waals surface area contributed by atoms with Crippen LogP contribution in [0, 0.1) is 13.8 Å². The van der Waals surface area contributed by atoms with E-state index in [1.807, 2.05) is 13.8 Å². The number of hydrogen-bond acceptors (Lipinski definition) is 6. The highest BCUT2D eigenvalue weighted by Crippen LogP contribution is 2.43. The summed E-state index contributed by atoms with van der Waals surface area (Å²) < 4.78 is 16.9. The Hall–Kier alpha value is -2.50. The van der Waals surface area contributed by atoms with E-state index in [-0.39, 0.29) is 5.60 Å². The SMILES string of the molecule is Cc1c(C)c2c(OCC(=O)[O-])cc3c(c2oc1=O)CCC(C)(C)O3. The number of carboxylic acids is 1. The minimum absolute atomic E-state index is 0.315. The number of carboxylic acid groups (broad SMARTS) is 1. The molecule has 0 saturated carbocycles.